The molecule has 2 rings (SSSR count). The molecule has 0 aliphatic carbocycles. The van der Waals surface area contributed by atoms with Crippen LogP contribution >= 0.6 is 15.9 Å². The Balaban J connectivity index is 2.35. The Morgan fingerprint density at radius 3 is 2.50 bits per heavy atom. The molecule has 2 aromatic rings. The van der Waals surface area contributed by atoms with Crippen LogP contribution in [0.2, 0.25) is 0 Å². The van der Waals surface area contributed by atoms with E-state index in [0.29, 0.717) is 0 Å². The summed E-state index contributed by atoms with van der Waals surface area (Å²) in [4.78, 5) is 8.22. The molecule has 0 fully saturated rings. The Kier molecular flexibility index (Phi) is 3.66. The molecular weight excluding hydrogens is 290 g/mol. The van der Waals surface area contributed by atoms with E-state index in [4.69, 9.17) is 0 Å². The van der Waals surface area contributed by atoms with Gasteiger partial charge in [0.25, 0.3) is 0 Å². The van der Waals surface area contributed by atoms with Crippen molar-refractivity contribution < 1.29 is 0 Å². The number of benzene rings is 1. The minimum atomic E-state index is 0.0911. The number of nitrogens with zero attached hydrogens (tertiary/aromatic N) is 2. The van der Waals surface area contributed by atoms with E-state index in [1.165, 1.54) is 11.9 Å². The molecule has 0 spiro atoms. The van der Waals surface area contributed by atoms with Crippen molar-refractivity contribution in [3.05, 3.63) is 46.8 Å². The first-order valence-electron chi connectivity index (χ1n) is 5.81. The summed E-state index contributed by atoms with van der Waals surface area (Å²) in [6, 6.07) is 10.1. The van der Waals surface area contributed by atoms with Crippen LogP contribution in [0.1, 0.15) is 26.3 Å². The number of hydrogen-bond acceptors (Lipinski definition) is 3. The van der Waals surface area contributed by atoms with E-state index >= 15 is 0 Å². The molecule has 0 aliphatic heterocycles. The predicted octanol–water partition coefficient (Wildman–Crippen LogP) is 4.28. The average molecular weight is 306 g/mol. The smallest absolute Gasteiger partial charge is 0.134 e. The summed E-state index contributed by atoms with van der Waals surface area (Å²) in [6.45, 7) is 6.59. The van der Waals surface area contributed by atoms with Gasteiger partial charge < -0.3 is 5.32 Å². The van der Waals surface area contributed by atoms with Crippen molar-refractivity contribution in [2.75, 3.05) is 5.32 Å². The van der Waals surface area contributed by atoms with Crippen LogP contribution in [-0.2, 0) is 5.41 Å². The lowest BCUT2D eigenvalue weighted by Gasteiger charge is -2.23. The lowest BCUT2D eigenvalue weighted by Crippen LogP contribution is -2.13. The van der Waals surface area contributed by atoms with E-state index in [-0.39, 0.29) is 5.41 Å². The van der Waals surface area contributed by atoms with Gasteiger partial charge >= 0.3 is 0 Å². The molecule has 1 heterocycles. The van der Waals surface area contributed by atoms with Gasteiger partial charge in [0.2, 0.25) is 0 Å². The second-order valence-electron chi connectivity index (χ2n) is 5.15. The molecule has 0 amide bonds. The molecule has 0 radical (unpaired) electrons. The molecule has 0 saturated carbocycles. The standard InChI is InChI=1S/C14H16BrN3/c1-14(2,3)10-6-4-5-7-11(10)18-13-8-12(15)16-9-17-13/h4-9H,1-3H3,(H,16,17,18). The highest BCUT2D eigenvalue weighted by Crippen LogP contribution is 2.30. The number of halogens is 1. The zero-order valence-electron chi connectivity index (χ0n) is 10.7. The van der Waals surface area contributed by atoms with Crippen LogP contribution in [0, 0.1) is 0 Å². The van der Waals surface area contributed by atoms with Gasteiger partial charge in [-0.15, -0.1) is 0 Å². The quantitative estimate of drug-likeness (QED) is 0.842. The highest BCUT2D eigenvalue weighted by atomic mass is 79.9. The molecule has 18 heavy (non-hydrogen) atoms. The van der Waals surface area contributed by atoms with Crippen molar-refractivity contribution in [3.8, 4) is 0 Å². The third kappa shape index (κ3) is 3.07. The topological polar surface area (TPSA) is 37.8 Å². The molecule has 1 N–H and O–H groups in total. The summed E-state index contributed by atoms with van der Waals surface area (Å²) in [7, 11) is 0. The van der Waals surface area contributed by atoms with Gasteiger partial charge in [-0.1, -0.05) is 39.0 Å². The highest BCUT2D eigenvalue weighted by Gasteiger charge is 2.17. The first-order valence-corrected chi connectivity index (χ1v) is 6.60. The SMILES string of the molecule is CC(C)(C)c1ccccc1Nc1cc(Br)ncn1. The summed E-state index contributed by atoms with van der Waals surface area (Å²) in [5.74, 6) is 0.786. The van der Waals surface area contributed by atoms with E-state index < -0.39 is 0 Å². The van der Waals surface area contributed by atoms with Crippen molar-refractivity contribution in [1.29, 1.82) is 0 Å². The van der Waals surface area contributed by atoms with E-state index in [0.717, 1.165) is 16.1 Å². The van der Waals surface area contributed by atoms with E-state index in [2.05, 4.69) is 70.2 Å². The van der Waals surface area contributed by atoms with Crippen molar-refractivity contribution in [2.45, 2.75) is 26.2 Å². The molecule has 94 valence electrons. The molecular formula is C14H16BrN3. The summed E-state index contributed by atoms with van der Waals surface area (Å²) in [5.41, 5.74) is 2.43. The average Bonchev–Trinajstić information content (AvgIpc) is 2.28. The Morgan fingerprint density at radius 2 is 1.83 bits per heavy atom. The summed E-state index contributed by atoms with van der Waals surface area (Å²) in [6.07, 6.45) is 1.53. The highest BCUT2D eigenvalue weighted by molar-refractivity contribution is 9.10. The van der Waals surface area contributed by atoms with E-state index in [1.54, 1.807) is 0 Å². The van der Waals surface area contributed by atoms with E-state index in [9.17, 15) is 0 Å². The Morgan fingerprint density at radius 1 is 1.11 bits per heavy atom. The van der Waals surface area contributed by atoms with Crippen LogP contribution in [0.25, 0.3) is 0 Å². The molecule has 3 nitrogen and oxygen atoms in total. The van der Waals surface area contributed by atoms with Gasteiger partial charge in [0.1, 0.15) is 16.7 Å². The summed E-state index contributed by atoms with van der Waals surface area (Å²) in [5, 5.41) is 3.34. The minimum Gasteiger partial charge on any atom is -0.340 e. The third-order valence-electron chi connectivity index (χ3n) is 2.63. The molecule has 1 aromatic carbocycles. The molecule has 1 aromatic heterocycles. The monoisotopic (exact) mass is 305 g/mol. The van der Waals surface area contributed by atoms with Gasteiger partial charge in [-0.3, -0.25) is 0 Å². The second kappa shape index (κ2) is 5.06. The van der Waals surface area contributed by atoms with Gasteiger partial charge in [-0.05, 0) is 33.0 Å². The van der Waals surface area contributed by atoms with Gasteiger partial charge in [0.05, 0.1) is 0 Å². The van der Waals surface area contributed by atoms with Crippen LogP contribution in [0.15, 0.2) is 41.3 Å². The predicted molar refractivity (Wildman–Crippen MR) is 78.2 cm³/mol. The van der Waals surface area contributed by atoms with Crippen LogP contribution in [0.5, 0.6) is 0 Å². The zero-order valence-corrected chi connectivity index (χ0v) is 12.3. The second-order valence-corrected chi connectivity index (χ2v) is 5.96. The van der Waals surface area contributed by atoms with Gasteiger partial charge in [-0.25, -0.2) is 9.97 Å². The third-order valence-corrected chi connectivity index (χ3v) is 3.07. The van der Waals surface area contributed by atoms with Crippen LogP contribution in [0.3, 0.4) is 0 Å². The number of anilines is 2. The molecule has 4 heteroatoms. The first kappa shape index (κ1) is 13.0. The van der Waals surface area contributed by atoms with Gasteiger partial charge in [0.15, 0.2) is 0 Å². The number of para-hydroxylation sites is 1. The van der Waals surface area contributed by atoms with Crippen LogP contribution in [0.4, 0.5) is 11.5 Å². The lowest BCUT2D eigenvalue weighted by molar-refractivity contribution is 0.592. The number of hydrogen-bond donors (Lipinski definition) is 1. The van der Waals surface area contributed by atoms with Crippen molar-refractivity contribution in [3.63, 3.8) is 0 Å². The summed E-state index contributed by atoms with van der Waals surface area (Å²) < 4.78 is 0.772. The van der Waals surface area contributed by atoms with Gasteiger partial charge in [-0.2, -0.15) is 0 Å². The van der Waals surface area contributed by atoms with Gasteiger partial charge in [0, 0.05) is 11.8 Å². The fourth-order valence-corrected chi connectivity index (χ4v) is 2.09. The fourth-order valence-electron chi connectivity index (χ4n) is 1.79. The number of rotatable bonds is 2. The summed E-state index contributed by atoms with van der Waals surface area (Å²) >= 11 is 3.34. The fraction of sp³-hybridized carbons (Fsp3) is 0.286. The minimum absolute atomic E-state index is 0.0911. The van der Waals surface area contributed by atoms with Crippen molar-refractivity contribution in [2.24, 2.45) is 0 Å². The first-order chi connectivity index (χ1) is 8.47. The lowest BCUT2D eigenvalue weighted by atomic mass is 9.86. The van der Waals surface area contributed by atoms with E-state index in [1.807, 2.05) is 12.1 Å². The van der Waals surface area contributed by atoms with Crippen LogP contribution < -0.4 is 5.32 Å². The molecule has 0 unspecified atom stereocenters. The Labute approximate surface area is 116 Å². The Bertz CT molecular complexity index is 547. The number of aromatic nitrogens is 2. The Hall–Kier alpha value is -1.42. The molecule has 0 atom stereocenters. The van der Waals surface area contributed by atoms with Crippen molar-refractivity contribution in [1.82, 2.24) is 9.97 Å². The normalized spacial score (nSPS) is 11.3. The molecule has 0 saturated heterocycles. The van der Waals surface area contributed by atoms with Crippen molar-refractivity contribution >= 4 is 27.4 Å². The maximum Gasteiger partial charge on any atom is 0.134 e. The molecule has 0 aliphatic rings. The zero-order chi connectivity index (χ0) is 13.2. The number of nitrogens with one attached hydrogen (secondary N) is 1. The van der Waals surface area contributed by atoms with Crippen LogP contribution in [-0.4, -0.2) is 9.97 Å². The maximum atomic E-state index is 4.21. The maximum absolute atomic E-state index is 4.21. The molecule has 0 bridgehead atoms. The largest absolute Gasteiger partial charge is 0.340 e.